The summed E-state index contributed by atoms with van der Waals surface area (Å²) in [6.07, 6.45) is 0.291. The summed E-state index contributed by atoms with van der Waals surface area (Å²) in [5.41, 5.74) is 4.00. The summed E-state index contributed by atoms with van der Waals surface area (Å²) in [5.74, 6) is 1.38. The van der Waals surface area contributed by atoms with E-state index in [9.17, 15) is 0 Å². The number of fused-ring (bicyclic) bond motifs is 3. The van der Waals surface area contributed by atoms with Crippen molar-refractivity contribution in [1.82, 2.24) is 5.01 Å². The van der Waals surface area contributed by atoms with Crippen LogP contribution < -0.4 is 9.47 Å². The Morgan fingerprint density at radius 3 is 2.55 bits per heavy atom. The van der Waals surface area contributed by atoms with Crippen LogP contribution in [0.4, 0.5) is 0 Å². The van der Waals surface area contributed by atoms with Gasteiger partial charge >= 0.3 is 0 Å². The third-order valence-electron chi connectivity index (χ3n) is 5.31. The van der Waals surface area contributed by atoms with Crippen molar-refractivity contribution < 1.29 is 9.47 Å². The Morgan fingerprint density at radius 2 is 1.76 bits per heavy atom. The molecule has 0 saturated heterocycles. The van der Waals surface area contributed by atoms with Gasteiger partial charge in [-0.05, 0) is 23.8 Å². The summed E-state index contributed by atoms with van der Waals surface area (Å²) in [4.78, 5) is 0. The summed E-state index contributed by atoms with van der Waals surface area (Å²) in [5, 5.41) is 7.92. The van der Waals surface area contributed by atoms with Gasteiger partial charge in [-0.15, -0.1) is 0 Å². The smallest absolute Gasteiger partial charge is 0.217 e. The average molecular weight is 425 g/mol. The standard InChI is InChI=1S/C23H18Cl2N2O2/c1-28-22-17(11-15(24)12-18(22)25)23-27-20(16-9-5-6-10-21(16)29-23)13-19(26-27)14-7-3-2-4-8-14/h2-12,20,23H,13H2,1H3. The molecule has 29 heavy (non-hydrogen) atoms. The summed E-state index contributed by atoms with van der Waals surface area (Å²) >= 11 is 12.7. The molecule has 2 heterocycles. The van der Waals surface area contributed by atoms with Crippen LogP contribution in [0, 0.1) is 0 Å². The van der Waals surface area contributed by atoms with Crippen LogP contribution in [0.2, 0.25) is 10.0 Å². The molecule has 0 amide bonds. The van der Waals surface area contributed by atoms with E-state index in [-0.39, 0.29) is 6.04 Å². The fourth-order valence-corrected chi connectivity index (χ4v) is 4.61. The molecule has 0 aromatic heterocycles. The topological polar surface area (TPSA) is 34.1 Å². The van der Waals surface area contributed by atoms with Crippen LogP contribution in [0.1, 0.15) is 35.4 Å². The van der Waals surface area contributed by atoms with E-state index in [1.165, 1.54) is 0 Å². The maximum Gasteiger partial charge on any atom is 0.217 e. The first-order chi connectivity index (χ1) is 14.2. The van der Waals surface area contributed by atoms with E-state index in [0.717, 1.165) is 34.6 Å². The molecule has 3 aromatic rings. The first kappa shape index (κ1) is 18.3. The van der Waals surface area contributed by atoms with E-state index in [1.807, 2.05) is 47.5 Å². The van der Waals surface area contributed by atoms with Crippen LogP contribution in [0.3, 0.4) is 0 Å². The lowest BCUT2D eigenvalue weighted by atomic mass is 9.96. The zero-order valence-corrected chi connectivity index (χ0v) is 17.2. The molecule has 146 valence electrons. The average Bonchev–Trinajstić information content (AvgIpc) is 3.19. The molecule has 4 nitrogen and oxygen atoms in total. The fraction of sp³-hybridized carbons (Fsp3) is 0.174. The van der Waals surface area contributed by atoms with Crippen LogP contribution in [-0.4, -0.2) is 17.8 Å². The van der Waals surface area contributed by atoms with Gasteiger partial charge in [0.1, 0.15) is 11.5 Å². The maximum absolute atomic E-state index is 6.40. The second-order valence-corrected chi connectivity index (χ2v) is 7.87. The first-order valence-corrected chi connectivity index (χ1v) is 10.1. The van der Waals surface area contributed by atoms with E-state index in [1.54, 1.807) is 13.2 Å². The van der Waals surface area contributed by atoms with Crippen LogP contribution in [-0.2, 0) is 0 Å². The molecule has 0 fully saturated rings. The first-order valence-electron chi connectivity index (χ1n) is 9.35. The summed E-state index contributed by atoms with van der Waals surface area (Å²) in [7, 11) is 1.59. The van der Waals surface area contributed by atoms with Crippen molar-refractivity contribution in [3.8, 4) is 11.5 Å². The van der Waals surface area contributed by atoms with Crippen molar-refractivity contribution in [3.05, 3.63) is 93.5 Å². The third-order valence-corrected chi connectivity index (χ3v) is 5.81. The Kier molecular flexibility index (Phi) is 4.61. The number of nitrogens with zero attached hydrogens (tertiary/aromatic N) is 2. The summed E-state index contributed by atoms with van der Waals surface area (Å²) in [6, 6.07) is 21.8. The second-order valence-electron chi connectivity index (χ2n) is 7.03. The molecule has 5 rings (SSSR count). The zero-order valence-electron chi connectivity index (χ0n) is 15.7. The lowest BCUT2D eigenvalue weighted by molar-refractivity contribution is -0.0203. The molecule has 0 N–H and O–H groups in total. The minimum atomic E-state index is -0.498. The minimum absolute atomic E-state index is 0.0580. The van der Waals surface area contributed by atoms with Crippen LogP contribution >= 0.6 is 23.2 Å². The number of hydrazone groups is 1. The van der Waals surface area contributed by atoms with Crippen molar-refractivity contribution >= 4 is 28.9 Å². The van der Waals surface area contributed by atoms with E-state index < -0.39 is 6.23 Å². The molecular formula is C23H18Cl2N2O2. The molecule has 0 bridgehead atoms. The zero-order chi connectivity index (χ0) is 20.0. The highest BCUT2D eigenvalue weighted by atomic mass is 35.5. The molecule has 2 unspecified atom stereocenters. The van der Waals surface area contributed by atoms with Crippen molar-refractivity contribution in [2.45, 2.75) is 18.7 Å². The molecule has 0 aliphatic carbocycles. The number of ether oxygens (including phenoxy) is 2. The van der Waals surface area contributed by atoms with Crippen molar-refractivity contribution in [1.29, 1.82) is 0 Å². The summed E-state index contributed by atoms with van der Waals surface area (Å²) in [6.45, 7) is 0. The van der Waals surface area contributed by atoms with Gasteiger partial charge in [-0.25, -0.2) is 5.01 Å². The minimum Gasteiger partial charge on any atom is -0.495 e. The van der Waals surface area contributed by atoms with E-state index in [4.69, 9.17) is 37.8 Å². The van der Waals surface area contributed by atoms with Gasteiger partial charge in [-0.1, -0.05) is 71.7 Å². The van der Waals surface area contributed by atoms with Gasteiger partial charge in [0.25, 0.3) is 0 Å². The number of rotatable bonds is 3. The molecule has 2 aliphatic rings. The third kappa shape index (κ3) is 3.13. The van der Waals surface area contributed by atoms with Crippen LogP contribution in [0.5, 0.6) is 11.5 Å². The Morgan fingerprint density at radius 1 is 1.00 bits per heavy atom. The van der Waals surface area contributed by atoms with E-state index in [2.05, 4.69) is 18.2 Å². The monoisotopic (exact) mass is 424 g/mol. The van der Waals surface area contributed by atoms with Gasteiger partial charge in [0.05, 0.1) is 29.4 Å². The molecule has 2 aliphatic heterocycles. The second kappa shape index (κ2) is 7.29. The highest BCUT2D eigenvalue weighted by molar-refractivity contribution is 6.35. The molecule has 0 saturated carbocycles. The summed E-state index contributed by atoms with van der Waals surface area (Å²) < 4.78 is 12.0. The number of benzene rings is 3. The Labute approximate surface area is 179 Å². The lowest BCUT2D eigenvalue weighted by Crippen LogP contribution is -2.34. The molecule has 0 radical (unpaired) electrons. The van der Waals surface area contributed by atoms with Crippen molar-refractivity contribution in [3.63, 3.8) is 0 Å². The van der Waals surface area contributed by atoms with Crippen LogP contribution in [0.25, 0.3) is 0 Å². The normalized spacial score (nSPS) is 19.8. The fourth-order valence-electron chi connectivity index (χ4n) is 4.02. The Hall–Kier alpha value is -2.69. The van der Waals surface area contributed by atoms with E-state index in [0.29, 0.717) is 15.8 Å². The SMILES string of the molecule is COc1c(Cl)cc(Cl)cc1C1Oc2ccccc2C2CC(c3ccccc3)=NN21. The van der Waals surface area contributed by atoms with Gasteiger partial charge in [-0.3, -0.25) is 0 Å². The highest BCUT2D eigenvalue weighted by Crippen LogP contribution is 2.50. The quantitative estimate of drug-likeness (QED) is 0.498. The molecule has 6 heteroatoms. The van der Waals surface area contributed by atoms with Gasteiger partial charge in [0.2, 0.25) is 6.23 Å². The lowest BCUT2D eigenvalue weighted by Gasteiger charge is -2.38. The Balaban J connectivity index is 1.66. The number of para-hydroxylation sites is 1. The molecule has 2 atom stereocenters. The van der Waals surface area contributed by atoms with Crippen molar-refractivity contribution in [2.75, 3.05) is 7.11 Å². The number of hydrogen-bond acceptors (Lipinski definition) is 4. The molecule has 3 aromatic carbocycles. The van der Waals surface area contributed by atoms with Gasteiger partial charge < -0.3 is 9.47 Å². The highest BCUT2D eigenvalue weighted by Gasteiger charge is 2.42. The van der Waals surface area contributed by atoms with Crippen molar-refractivity contribution in [2.24, 2.45) is 5.10 Å². The number of methoxy groups -OCH3 is 1. The van der Waals surface area contributed by atoms with Gasteiger partial charge in [0.15, 0.2) is 0 Å². The predicted molar refractivity (Wildman–Crippen MR) is 115 cm³/mol. The van der Waals surface area contributed by atoms with E-state index >= 15 is 0 Å². The molecular weight excluding hydrogens is 407 g/mol. The van der Waals surface area contributed by atoms with Gasteiger partial charge in [0, 0.05) is 17.0 Å². The predicted octanol–water partition coefficient (Wildman–Crippen LogP) is 6.24. The number of hydrogen-bond donors (Lipinski definition) is 0. The van der Waals surface area contributed by atoms with Gasteiger partial charge in [-0.2, -0.15) is 5.10 Å². The van der Waals surface area contributed by atoms with Crippen LogP contribution in [0.15, 0.2) is 71.8 Å². The largest absolute Gasteiger partial charge is 0.495 e. The number of halogens is 2. The maximum atomic E-state index is 6.40. The molecule has 0 spiro atoms. The Bertz CT molecular complexity index is 1100.